The summed E-state index contributed by atoms with van der Waals surface area (Å²) < 4.78 is 64.8. The average Bonchev–Trinajstić information content (AvgIpc) is 2.46. The number of alkyl halides is 3. The lowest BCUT2D eigenvalue weighted by molar-refractivity contribution is -0.136. The Bertz CT molecular complexity index is 840. The number of rotatable bonds is 3. The molecule has 2 rings (SSSR count). The van der Waals surface area contributed by atoms with E-state index in [0.717, 1.165) is 24.3 Å². The van der Waals surface area contributed by atoms with E-state index in [1.54, 1.807) is 6.07 Å². The highest BCUT2D eigenvalue weighted by molar-refractivity contribution is 7.92. The lowest BCUT2D eigenvalue weighted by Gasteiger charge is -2.14. The van der Waals surface area contributed by atoms with Crippen LogP contribution in [0.4, 0.5) is 18.9 Å². The van der Waals surface area contributed by atoms with Gasteiger partial charge in [0.2, 0.25) is 0 Å². The molecule has 0 saturated carbocycles. The maximum atomic E-state index is 12.9. The molecule has 0 unspecified atom stereocenters. The Labute approximate surface area is 124 Å². The van der Waals surface area contributed by atoms with Crippen LogP contribution in [0.15, 0.2) is 53.4 Å². The second kappa shape index (κ2) is 5.69. The SMILES string of the molecule is N#Cc1cccc(S(=O)(=O)Nc2ccccc2C(F)(F)F)c1. The Morgan fingerprint density at radius 2 is 1.73 bits per heavy atom. The zero-order valence-corrected chi connectivity index (χ0v) is 11.7. The molecule has 4 nitrogen and oxygen atoms in total. The number of nitriles is 1. The van der Waals surface area contributed by atoms with E-state index in [2.05, 4.69) is 0 Å². The van der Waals surface area contributed by atoms with E-state index in [0.29, 0.717) is 0 Å². The molecule has 0 spiro atoms. The van der Waals surface area contributed by atoms with Gasteiger partial charge in [0.25, 0.3) is 10.0 Å². The molecule has 1 N–H and O–H groups in total. The predicted octanol–water partition coefficient (Wildman–Crippen LogP) is 3.38. The van der Waals surface area contributed by atoms with Crippen LogP contribution >= 0.6 is 0 Å². The normalized spacial score (nSPS) is 11.7. The minimum atomic E-state index is -4.69. The summed E-state index contributed by atoms with van der Waals surface area (Å²) in [6.45, 7) is 0. The van der Waals surface area contributed by atoms with Crippen LogP contribution in [0.25, 0.3) is 0 Å². The molecule has 22 heavy (non-hydrogen) atoms. The van der Waals surface area contributed by atoms with Gasteiger partial charge in [-0.05, 0) is 30.3 Å². The van der Waals surface area contributed by atoms with Crippen molar-refractivity contribution in [1.29, 1.82) is 5.26 Å². The average molecular weight is 326 g/mol. The number of nitrogens with zero attached hydrogens (tertiary/aromatic N) is 1. The van der Waals surface area contributed by atoms with E-state index in [1.165, 1.54) is 24.3 Å². The van der Waals surface area contributed by atoms with Crippen molar-refractivity contribution in [2.75, 3.05) is 4.72 Å². The third-order valence-electron chi connectivity index (χ3n) is 2.75. The van der Waals surface area contributed by atoms with Crippen molar-refractivity contribution in [2.24, 2.45) is 0 Å². The van der Waals surface area contributed by atoms with Crippen molar-refractivity contribution < 1.29 is 21.6 Å². The second-order valence-corrected chi connectivity index (χ2v) is 5.97. The first kappa shape index (κ1) is 15.9. The molecule has 0 radical (unpaired) electrons. The number of hydrogen-bond donors (Lipinski definition) is 1. The molecule has 0 atom stereocenters. The standard InChI is InChI=1S/C14H9F3N2O2S/c15-14(16,17)12-6-1-2-7-13(12)19-22(20,21)11-5-3-4-10(8-11)9-18/h1-8,19H. The highest BCUT2D eigenvalue weighted by atomic mass is 32.2. The van der Waals surface area contributed by atoms with Gasteiger partial charge < -0.3 is 0 Å². The Morgan fingerprint density at radius 1 is 1.05 bits per heavy atom. The van der Waals surface area contributed by atoms with E-state index >= 15 is 0 Å². The summed E-state index contributed by atoms with van der Waals surface area (Å²) in [5.41, 5.74) is -1.57. The van der Waals surface area contributed by atoms with Gasteiger partial charge >= 0.3 is 6.18 Å². The summed E-state index contributed by atoms with van der Waals surface area (Å²) in [6.07, 6.45) is -4.69. The summed E-state index contributed by atoms with van der Waals surface area (Å²) in [5, 5.41) is 8.75. The highest BCUT2D eigenvalue weighted by Crippen LogP contribution is 2.35. The summed E-state index contributed by atoms with van der Waals surface area (Å²) >= 11 is 0. The van der Waals surface area contributed by atoms with Gasteiger partial charge in [-0.2, -0.15) is 18.4 Å². The highest BCUT2D eigenvalue weighted by Gasteiger charge is 2.34. The van der Waals surface area contributed by atoms with Gasteiger partial charge in [0.15, 0.2) is 0 Å². The third kappa shape index (κ3) is 3.38. The first-order chi connectivity index (χ1) is 10.2. The van der Waals surface area contributed by atoms with Crippen LogP contribution in [-0.2, 0) is 16.2 Å². The van der Waals surface area contributed by atoms with Crippen LogP contribution < -0.4 is 4.72 Å². The number of para-hydroxylation sites is 1. The zero-order valence-electron chi connectivity index (χ0n) is 10.9. The molecule has 114 valence electrons. The molecule has 0 aliphatic heterocycles. The molecule has 0 saturated heterocycles. The van der Waals surface area contributed by atoms with E-state index in [4.69, 9.17) is 5.26 Å². The van der Waals surface area contributed by atoms with Crippen molar-refractivity contribution >= 4 is 15.7 Å². The number of anilines is 1. The fraction of sp³-hybridized carbons (Fsp3) is 0.0714. The molecule has 0 aliphatic carbocycles. The molecule has 0 bridgehead atoms. The summed E-state index contributed by atoms with van der Waals surface area (Å²) in [4.78, 5) is -0.288. The Morgan fingerprint density at radius 3 is 2.36 bits per heavy atom. The topological polar surface area (TPSA) is 70.0 Å². The predicted molar refractivity (Wildman–Crippen MR) is 73.4 cm³/mol. The first-order valence-corrected chi connectivity index (χ1v) is 7.41. The minimum Gasteiger partial charge on any atom is -0.279 e. The molecule has 2 aromatic rings. The van der Waals surface area contributed by atoms with E-state index in [-0.39, 0.29) is 10.5 Å². The van der Waals surface area contributed by atoms with Gasteiger partial charge in [0, 0.05) is 0 Å². The van der Waals surface area contributed by atoms with Crippen molar-refractivity contribution in [1.82, 2.24) is 0 Å². The fourth-order valence-electron chi connectivity index (χ4n) is 1.76. The fourth-order valence-corrected chi connectivity index (χ4v) is 2.88. The molecule has 0 fully saturated rings. The van der Waals surface area contributed by atoms with Crippen molar-refractivity contribution in [3.63, 3.8) is 0 Å². The largest absolute Gasteiger partial charge is 0.418 e. The van der Waals surface area contributed by atoms with E-state index in [1.807, 2.05) is 4.72 Å². The number of nitrogens with one attached hydrogen (secondary N) is 1. The monoisotopic (exact) mass is 326 g/mol. The van der Waals surface area contributed by atoms with Crippen LogP contribution in [-0.4, -0.2) is 8.42 Å². The van der Waals surface area contributed by atoms with E-state index in [9.17, 15) is 21.6 Å². The molecule has 2 aromatic carbocycles. The van der Waals surface area contributed by atoms with Gasteiger partial charge in [-0.1, -0.05) is 18.2 Å². The van der Waals surface area contributed by atoms with Crippen molar-refractivity contribution in [3.05, 3.63) is 59.7 Å². The van der Waals surface area contributed by atoms with Crippen LogP contribution in [0.2, 0.25) is 0 Å². The van der Waals surface area contributed by atoms with E-state index < -0.39 is 27.5 Å². The molecule has 0 heterocycles. The Balaban J connectivity index is 2.44. The lowest BCUT2D eigenvalue weighted by atomic mass is 10.2. The van der Waals surface area contributed by atoms with Crippen molar-refractivity contribution in [3.8, 4) is 6.07 Å². The summed E-state index contributed by atoms with van der Waals surface area (Å²) in [7, 11) is -4.23. The summed E-state index contributed by atoms with van der Waals surface area (Å²) in [6, 6.07) is 11.0. The quantitative estimate of drug-likeness (QED) is 0.940. The zero-order chi connectivity index (χ0) is 16.4. The molecule has 0 aliphatic rings. The maximum absolute atomic E-state index is 12.9. The van der Waals surface area contributed by atoms with Crippen LogP contribution in [0.5, 0.6) is 0 Å². The van der Waals surface area contributed by atoms with Gasteiger partial charge in [-0.25, -0.2) is 8.42 Å². The first-order valence-electron chi connectivity index (χ1n) is 5.93. The minimum absolute atomic E-state index is 0.0898. The summed E-state index contributed by atoms with van der Waals surface area (Å²) in [5.74, 6) is 0. The molecule has 8 heteroatoms. The molecule has 0 aromatic heterocycles. The number of hydrogen-bond acceptors (Lipinski definition) is 3. The Hall–Kier alpha value is -2.53. The molecule has 0 amide bonds. The Kier molecular flexibility index (Phi) is 4.10. The smallest absolute Gasteiger partial charge is 0.279 e. The van der Waals surface area contributed by atoms with Crippen LogP contribution in [0.3, 0.4) is 0 Å². The number of benzene rings is 2. The van der Waals surface area contributed by atoms with Crippen molar-refractivity contribution in [2.45, 2.75) is 11.1 Å². The maximum Gasteiger partial charge on any atom is 0.418 e. The van der Waals surface area contributed by atoms with Gasteiger partial charge in [-0.3, -0.25) is 4.72 Å². The number of sulfonamides is 1. The van der Waals surface area contributed by atoms with Gasteiger partial charge in [0.05, 0.1) is 27.8 Å². The van der Waals surface area contributed by atoms with Crippen LogP contribution in [0.1, 0.15) is 11.1 Å². The lowest BCUT2D eigenvalue weighted by Crippen LogP contribution is -2.17. The third-order valence-corrected chi connectivity index (χ3v) is 4.11. The second-order valence-electron chi connectivity index (χ2n) is 4.29. The van der Waals surface area contributed by atoms with Gasteiger partial charge in [0.1, 0.15) is 0 Å². The molecular formula is C14H9F3N2O2S. The molecular weight excluding hydrogens is 317 g/mol. The van der Waals surface area contributed by atoms with Gasteiger partial charge in [-0.15, -0.1) is 0 Å². The van der Waals surface area contributed by atoms with Crippen LogP contribution in [0, 0.1) is 11.3 Å². The number of halogens is 3.